The second-order valence-corrected chi connectivity index (χ2v) is 6.82. The van der Waals surface area contributed by atoms with Gasteiger partial charge in [0.05, 0.1) is 19.0 Å². The van der Waals surface area contributed by atoms with Gasteiger partial charge in [-0.15, -0.1) is 0 Å². The molecule has 0 N–H and O–H groups in total. The van der Waals surface area contributed by atoms with Crippen LogP contribution in [0.4, 0.5) is 0 Å². The second-order valence-electron chi connectivity index (χ2n) is 6.82. The lowest BCUT2D eigenvalue weighted by Gasteiger charge is -2.13. The molecule has 0 spiro atoms. The Kier molecular flexibility index (Phi) is 13.0. The SMILES string of the molecule is CCCCCCCCCCCCCCOC[C@H](C)n1ccnc1. The van der Waals surface area contributed by atoms with E-state index in [1.807, 2.05) is 18.7 Å². The average molecular weight is 323 g/mol. The summed E-state index contributed by atoms with van der Waals surface area (Å²) >= 11 is 0. The van der Waals surface area contributed by atoms with Crippen LogP contribution >= 0.6 is 0 Å². The summed E-state index contributed by atoms with van der Waals surface area (Å²) in [6.45, 7) is 6.14. The molecule has 1 aromatic rings. The highest BCUT2D eigenvalue weighted by atomic mass is 16.5. The second kappa shape index (κ2) is 14.7. The molecular formula is C20H38N2O. The summed E-state index contributed by atoms with van der Waals surface area (Å²) in [5.74, 6) is 0. The predicted molar refractivity (Wildman–Crippen MR) is 98.8 cm³/mol. The number of unbranched alkanes of at least 4 members (excludes halogenated alkanes) is 11. The van der Waals surface area contributed by atoms with Crippen LogP contribution in [-0.4, -0.2) is 22.8 Å². The third-order valence-corrected chi connectivity index (χ3v) is 4.54. The number of rotatable bonds is 16. The monoisotopic (exact) mass is 322 g/mol. The highest BCUT2D eigenvalue weighted by Gasteiger charge is 2.02. The molecule has 1 aromatic heterocycles. The lowest BCUT2D eigenvalue weighted by Crippen LogP contribution is -2.11. The quantitative estimate of drug-likeness (QED) is 0.341. The summed E-state index contributed by atoms with van der Waals surface area (Å²) in [7, 11) is 0. The van der Waals surface area contributed by atoms with Crippen molar-refractivity contribution in [3.8, 4) is 0 Å². The topological polar surface area (TPSA) is 27.1 Å². The zero-order valence-electron chi connectivity index (χ0n) is 15.5. The summed E-state index contributed by atoms with van der Waals surface area (Å²) in [6.07, 6.45) is 22.4. The number of hydrogen-bond acceptors (Lipinski definition) is 2. The third kappa shape index (κ3) is 11.4. The van der Waals surface area contributed by atoms with Crippen molar-refractivity contribution in [2.75, 3.05) is 13.2 Å². The number of nitrogens with zero attached hydrogens (tertiary/aromatic N) is 2. The van der Waals surface area contributed by atoms with Gasteiger partial charge in [0.25, 0.3) is 0 Å². The molecule has 0 unspecified atom stereocenters. The summed E-state index contributed by atoms with van der Waals surface area (Å²) in [5, 5.41) is 0. The highest BCUT2D eigenvalue weighted by molar-refractivity contribution is 4.78. The van der Waals surface area contributed by atoms with E-state index >= 15 is 0 Å². The molecule has 0 aliphatic carbocycles. The Bertz CT molecular complexity index is 337. The van der Waals surface area contributed by atoms with E-state index in [1.54, 1.807) is 0 Å². The summed E-state index contributed by atoms with van der Waals surface area (Å²) in [4.78, 5) is 4.07. The Balaban J connectivity index is 1.75. The van der Waals surface area contributed by atoms with Gasteiger partial charge in [-0.25, -0.2) is 4.98 Å². The van der Waals surface area contributed by atoms with Crippen LogP contribution in [0.1, 0.15) is 96.9 Å². The number of hydrogen-bond donors (Lipinski definition) is 0. The molecule has 0 radical (unpaired) electrons. The lowest BCUT2D eigenvalue weighted by molar-refractivity contribution is 0.104. The molecule has 134 valence electrons. The molecule has 0 saturated heterocycles. The molecular weight excluding hydrogens is 284 g/mol. The lowest BCUT2D eigenvalue weighted by atomic mass is 10.1. The molecule has 0 fully saturated rings. The fourth-order valence-electron chi connectivity index (χ4n) is 2.92. The van der Waals surface area contributed by atoms with E-state index in [9.17, 15) is 0 Å². The van der Waals surface area contributed by atoms with Crippen molar-refractivity contribution < 1.29 is 4.74 Å². The van der Waals surface area contributed by atoms with Crippen LogP contribution in [0.2, 0.25) is 0 Å². The van der Waals surface area contributed by atoms with Gasteiger partial charge < -0.3 is 9.30 Å². The van der Waals surface area contributed by atoms with Gasteiger partial charge in [0.1, 0.15) is 0 Å². The van der Waals surface area contributed by atoms with Crippen LogP contribution in [0.3, 0.4) is 0 Å². The first-order valence-electron chi connectivity index (χ1n) is 9.89. The minimum absolute atomic E-state index is 0.384. The zero-order chi connectivity index (χ0) is 16.6. The van der Waals surface area contributed by atoms with Crippen molar-refractivity contribution in [3.05, 3.63) is 18.7 Å². The molecule has 3 heteroatoms. The third-order valence-electron chi connectivity index (χ3n) is 4.54. The van der Waals surface area contributed by atoms with E-state index in [-0.39, 0.29) is 0 Å². The standard InChI is InChI=1S/C20H38N2O/c1-3-4-5-6-7-8-9-10-11-12-13-14-17-23-18-20(2)22-16-15-21-19-22/h15-16,19-20H,3-14,17-18H2,1-2H3/t20-/m0/s1. The largest absolute Gasteiger partial charge is 0.379 e. The van der Waals surface area contributed by atoms with Gasteiger partial charge in [0, 0.05) is 19.0 Å². The molecule has 0 aromatic carbocycles. The molecule has 3 nitrogen and oxygen atoms in total. The fourth-order valence-corrected chi connectivity index (χ4v) is 2.92. The molecule has 0 amide bonds. The molecule has 0 aliphatic rings. The van der Waals surface area contributed by atoms with Gasteiger partial charge in [0.2, 0.25) is 0 Å². The Labute approximate surface area is 143 Å². The molecule has 23 heavy (non-hydrogen) atoms. The van der Waals surface area contributed by atoms with Crippen molar-refractivity contribution >= 4 is 0 Å². The van der Waals surface area contributed by atoms with E-state index in [4.69, 9.17) is 4.74 Å². The maximum absolute atomic E-state index is 5.76. The van der Waals surface area contributed by atoms with Gasteiger partial charge in [-0.1, -0.05) is 77.6 Å². The first-order chi connectivity index (χ1) is 11.3. The maximum Gasteiger partial charge on any atom is 0.0949 e. The van der Waals surface area contributed by atoms with Gasteiger partial charge >= 0.3 is 0 Å². The smallest absolute Gasteiger partial charge is 0.0949 e. The van der Waals surface area contributed by atoms with Crippen molar-refractivity contribution in [1.82, 2.24) is 9.55 Å². The molecule has 1 atom stereocenters. The number of aromatic nitrogens is 2. The Hall–Kier alpha value is -0.830. The summed E-state index contributed by atoms with van der Waals surface area (Å²) in [5.41, 5.74) is 0. The zero-order valence-corrected chi connectivity index (χ0v) is 15.5. The van der Waals surface area contributed by atoms with Gasteiger partial charge in [0.15, 0.2) is 0 Å². The van der Waals surface area contributed by atoms with Crippen molar-refractivity contribution in [1.29, 1.82) is 0 Å². The van der Waals surface area contributed by atoms with E-state index < -0.39 is 0 Å². The molecule has 0 saturated carbocycles. The summed E-state index contributed by atoms with van der Waals surface area (Å²) < 4.78 is 7.86. The van der Waals surface area contributed by atoms with Crippen molar-refractivity contribution in [2.24, 2.45) is 0 Å². The van der Waals surface area contributed by atoms with Crippen LogP contribution in [-0.2, 0) is 4.74 Å². The minimum atomic E-state index is 0.384. The van der Waals surface area contributed by atoms with E-state index in [0.717, 1.165) is 13.2 Å². The van der Waals surface area contributed by atoms with Crippen molar-refractivity contribution in [2.45, 2.75) is 96.9 Å². The Morgan fingerprint density at radius 3 is 1.96 bits per heavy atom. The van der Waals surface area contributed by atoms with Crippen LogP contribution in [0.15, 0.2) is 18.7 Å². The number of imidazole rings is 1. The normalized spacial score (nSPS) is 12.6. The maximum atomic E-state index is 5.76. The molecule has 0 aliphatic heterocycles. The minimum Gasteiger partial charge on any atom is -0.379 e. The van der Waals surface area contributed by atoms with Gasteiger partial charge in [-0.05, 0) is 13.3 Å². The Morgan fingerprint density at radius 1 is 0.870 bits per heavy atom. The van der Waals surface area contributed by atoms with E-state index in [0.29, 0.717) is 6.04 Å². The van der Waals surface area contributed by atoms with Gasteiger partial charge in [-0.2, -0.15) is 0 Å². The van der Waals surface area contributed by atoms with Crippen LogP contribution in [0.25, 0.3) is 0 Å². The van der Waals surface area contributed by atoms with Crippen LogP contribution in [0, 0.1) is 0 Å². The first-order valence-corrected chi connectivity index (χ1v) is 9.89. The van der Waals surface area contributed by atoms with Crippen LogP contribution in [0.5, 0.6) is 0 Å². The van der Waals surface area contributed by atoms with Crippen molar-refractivity contribution in [3.63, 3.8) is 0 Å². The van der Waals surface area contributed by atoms with Crippen LogP contribution < -0.4 is 0 Å². The van der Waals surface area contributed by atoms with E-state index in [2.05, 4.69) is 23.4 Å². The van der Waals surface area contributed by atoms with E-state index in [1.165, 1.54) is 77.0 Å². The summed E-state index contributed by atoms with van der Waals surface area (Å²) in [6, 6.07) is 0.384. The molecule has 0 bridgehead atoms. The fraction of sp³-hybridized carbons (Fsp3) is 0.850. The molecule has 1 rings (SSSR count). The highest BCUT2D eigenvalue weighted by Crippen LogP contribution is 2.12. The average Bonchev–Trinajstić information content (AvgIpc) is 3.09. The predicted octanol–water partition coefficient (Wildman–Crippen LogP) is 6.16. The molecule has 1 heterocycles. The number of ether oxygens (including phenoxy) is 1. The first kappa shape index (κ1) is 20.2. The Morgan fingerprint density at radius 2 is 1.43 bits per heavy atom. The van der Waals surface area contributed by atoms with Gasteiger partial charge in [-0.3, -0.25) is 0 Å².